The second-order valence-corrected chi connectivity index (χ2v) is 10.5. The zero-order valence-corrected chi connectivity index (χ0v) is 20.5. The molecule has 1 aromatic carbocycles. The average Bonchev–Trinajstić information content (AvgIpc) is 3.37. The highest BCUT2D eigenvalue weighted by Gasteiger charge is 2.53. The van der Waals surface area contributed by atoms with Crippen molar-refractivity contribution >= 4 is 11.8 Å². The molecule has 2 amide bonds. The van der Waals surface area contributed by atoms with Gasteiger partial charge >= 0.3 is 0 Å². The number of nitrogens with zero attached hydrogens (tertiary/aromatic N) is 2. The van der Waals surface area contributed by atoms with Gasteiger partial charge < -0.3 is 19.7 Å². The molecule has 1 aliphatic carbocycles. The van der Waals surface area contributed by atoms with Crippen molar-refractivity contribution in [1.82, 2.24) is 15.1 Å². The fraction of sp³-hybridized carbons (Fsp3) is 0.704. The predicted octanol–water partition coefficient (Wildman–Crippen LogP) is 3.50. The lowest BCUT2D eigenvalue weighted by atomic mass is 9.80. The van der Waals surface area contributed by atoms with Gasteiger partial charge in [-0.25, -0.2) is 0 Å². The molecule has 1 unspecified atom stereocenters. The van der Waals surface area contributed by atoms with Gasteiger partial charge in [0.15, 0.2) is 11.5 Å². The Balaban J connectivity index is 1.26. The summed E-state index contributed by atoms with van der Waals surface area (Å²) >= 11 is 0. The number of carbonyl (C=O) groups is 2. The molecule has 1 atom stereocenters. The van der Waals surface area contributed by atoms with Crippen molar-refractivity contribution in [3.8, 4) is 11.5 Å². The van der Waals surface area contributed by atoms with E-state index in [0.717, 1.165) is 50.4 Å². The van der Waals surface area contributed by atoms with Crippen molar-refractivity contribution in [3.05, 3.63) is 23.8 Å². The van der Waals surface area contributed by atoms with Crippen molar-refractivity contribution in [2.24, 2.45) is 5.92 Å². The summed E-state index contributed by atoms with van der Waals surface area (Å²) in [6, 6.07) is 5.81. The molecule has 3 heterocycles. The summed E-state index contributed by atoms with van der Waals surface area (Å²) in [5.74, 6) is 2.42. The van der Waals surface area contributed by atoms with E-state index in [1.807, 2.05) is 11.0 Å². The van der Waals surface area contributed by atoms with E-state index in [0.29, 0.717) is 38.5 Å². The lowest BCUT2D eigenvalue weighted by Gasteiger charge is -2.52. The van der Waals surface area contributed by atoms with Gasteiger partial charge in [0.25, 0.3) is 0 Å². The number of benzene rings is 1. The molecule has 4 aliphatic rings. The van der Waals surface area contributed by atoms with Gasteiger partial charge in [-0.05, 0) is 49.3 Å². The van der Waals surface area contributed by atoms with E-state index in [1.165, 1.54) is 31.2 Å². The quantitative estimate of drug-likeness (QED) is 0.662. The molecule has 0 aromatic heterocycles. The highest BCUT2D eigenvalue weighted by Crippen LogP contribution is 2.37. The van der Waals surface area contributed by atoms with Gasteiger partial charge in [-0.2, -0.15) is 0 Å². The van der Waals surface area contributed by atoms with Crippen LogP contribution in [-0.2, 0) is 16.1 Å². The first-order valence-electron chi connectivity index (χ1n) is 13.3. The standard InChI is InChI=1S/C27H39N3O4/c1-2-3-12-30-25(31)22(17-20-6-4-5-7-20)28-26(32)27(30)10-13-29(14-11-27)19-21-8-9-23-24(18-21)34-16-15-33-23/h8-9,18,20,22H,2-7,10-17,19H2,1H3,(H,28,32). The second kappa shape index (κ2) is 10.1. The van der Waals surface area contributed by atoms with E-state index < -0.39 is 5.54 Å². The van der Waals surface area contributed by atoms with Crippen LogP contribution in [0.4, 0.5) is 0 Å². The normalized spacial score (nSPS) is 25.1. The second-order valence-electron chi connectivity index (χ2n) is 10.5. The molecule has 0 bridgehead atoms. The number of fused-ring (bicyclic) bond motifs is 1. The van der Waals surface area contributed by atoms with E-state index >= 15 is 0 Å². The number of piperidine rings is 1. The Kier molecular flexibility index (Phi) is 7.00. The average molecular weight is 470 g/mol. The lowest BCUT2D eigenvalue weighted by Crippen LogP contribution is -2.73. The fourth-order valence-corrected chi connectivity index (χ4v) is 6.28. The Morgan fingerprint density at radius 1 is 1.06 bits per heavy atom. The minimum Gasteiger partial charge on any atom is -0.486 e. The lowest BCUT2D eigenvalue weighted by molar-refractivity contribution is -0.162. The van der Waals surface area contributed by atoms with Crippen LogP contribution in [0.1, 0.15) is 70.3 Å². The highest BCUT2D eigenvalue weighted by atomic mass is 16.6. The first-order valence-corrected chi connectivity index (χ1v) is 13.3. The number of hydrogen-bond donors (Lipinski definition) is 1. The van der Waals surface area contributed by atoms with Gasteiger partial charge in [0.2, 0.25) is 11.8 Å². The third kappa shape index (κ3) is 4.64. The number of rotatable bonds is 7. The topological polar surface area (TPSA) is 71.1 Å². The molecular formula is C27H39N3O4. The molecule has 2 saturated heterocycles. The molecule has 7 heteroatoms. The van der Waals surface area contributed by atoms with E-state index in [9.17, 15) is 9.59 Å². The first-order chi connectivity index (χ1) is 16.6. The molecule has 7 nitrogen and oxygen atoms in total. The van der Waals surface area contributed by atoms with Crippen LogP contribution in [0.15, 0.2) is 18.2 Å². The predicted molar refractivity (Wildman–Crippen MR) is 130 cm³/mol. The summed E-state index contributed by atoms with van der Waals surface area (Å²) in [6.45, 7) is 6.41. The van der Waals surface area contributed by atoms with Gasteiger partial charge in [-0.1, -0.05) is 45.1 Å². The SMILES string of the molecule is CCCCN1C(=O)C(CC2CCCC2)NC(=O)C12CCN(Cc1ccc3c(c1)OCCO3)CC2. The third-order valence-electron chi connectivity index (χ3n) is 8.28. The van der Waals surface area contributed by atoms with Gasteiger partial charge in [-0.3, -0.25) is 14.5 Å². The van der Waals surface area contributed by atoms with Crippen molar-refractivity contribution in [1.29, 1.82) is 0 Å². The molecule has 5 rings (SSSR count). The number of likely N-dealkylation sites (tertiary alicyclic amines) is 1. The summed E-state index contributed by atoms with van der Waals surface area (Å²) in [5.41, 5.74) is 0.491. The maximum absolute atomic E-state index is 13.6. The molecule has 1 aromatic rings. The maximum Gasteiger partial charge on any atom is 0.246 e. The number of hydrogen-bond acceptors (Lipinski definition) is 5. The maximum atomic E-state index is 13.6. The van der Waals surface area contributed by atoms with Crippen LogP contribution in [0.25, 0.3) is 0 Å². The summed E-state index contributed by atoms with van der Waals surface area (Å²) in [7, 11) is 0. The summed E-state index contributed by atoms with van der Waals surface area (Å²) in [4.78, 5) is 31.5. The Hall–Kier alpha value is -2.28. The smallest absolute Gasteiger partial charge is 0.246 e. The third-order valence-corrected chi connectivity index (χ3v) is 8.28. The first kappa shape index (κ1) is 23.5. The van der Waals surface area contributed by atoms with Crippen LogP contribution in [0, 0.1) is 5.92 Å². The van der Waals surface area contributed by atoms with Gasteiger partial charge in [0, 0.05) is 26.2 Å². The number of carbonyl (C=O) groups excluding carboxylic acids is 2. The van der Waals surface area contributed by atoms with Gasteiger partial charge in [0.05, 0.1) is 0 Å². The molecule has 3 fully saturated rings. The van der Waals surface area contributed by atoms with Crippen LogP contribution >= 0.6 is 0 Å². The molecule has 34 heavy (non-hydrogen) atoms. The fourth-order valence-electron chi connectivity index (χ4n) is 6.28. The molecule has 1 saturated carbocycles. The Morgan fingerprint density at radius 3 is 2.53 bits per heavy atom. The minimum atomic E-state index is -0.693. The number of nitrogens with one attached hydrogen (secondary N) is 1. The summed E-state index contributed by atoms with van der Waals surface area (Å²) < 4.78 is 11.4. The van der Waals surface area contributed by atoms with Crippen molar-refractivity contribution < 1.29 is 19.1 Å². The van der Waals surface area contributed by atoms with Gasteiger partial charge in [0.1, 0.15) is 24.8 Å². The molecular weight excluding hydrogens is 430 g/mol. The molecule has 1 spiro atoms. The Morgan fingerprint density at radius 2 is 1.79 bits per heavy atom. The molecule has 3 aliphatic heterocycles. The van der Waals surface area contributed by atoms with E-state index in [1.54, 1.807) is 0 Å². The Bertz CT molecular complexity index is 890. The minimum absolute atomic E-state index is 0.0742. The van der Waals surface area contributed by atoms with Crippen molar-refractivity contribution in [3.63, 3.8) is 0 Å². The van der Waals surface area contributed by atoms with E-state index in [-0.39, 0.29) is 17.9 Å². The Labute approximate surface area is 203 Å². The van der Waals surface area contributed by atoms with E-state index in [2.05, 4.69) is 29.3 Å². The van der Waals surface area contributed by atoms with Gasteiger partial charge in [-0.15, -0.1) is 0 Å². The highest BCUT2D eigenvalue weighted by molar-refractivity contribution is 6.00. The molecule has 1 N–H and O–H groups in total. The summed E-state index contributed by atoms with van der Waals surface area (Å²) in [5, 5.41) is 3.18. The van der Waals surface area contributed by atoms with Crippen LogP contribution in [0.2, 0.25) is 0 Å². The monoisotopic (exact) mass is 469 g/mol. The van der Waals surface area contributed by atoms with Crippen LogP contribution in [0.5, 0.6) is 11.5 Å². The number of unbranched alkanes of at least 4 members (excludes halogenated alkanes) is 1. The van der Waals surface area contributed by atoms with Crippen molar-refractivity contribution in [2.45, 2.75) is 82.8 Å². The number of ether oxygens (including phenoxy) is 2. The van der Waals surface area contributed by atoms with Crippen LogP contribution in [-0.4, -0.2) is 66.0 Å². The summed E-state index contributed by atoms with van der Waals surface area (Å²) in [6.07, 6.45) is 9.03. The zero-order valence-electron chi connectivity index (χ0n) is 20.5. The zero-order chi connectivity index (χ0) is 23.5. The van der Waals surface area contributed by atoms with Crippen molar-refractivity contribution in [2.75, 3.05) is 32.8 Å². The van der Waals surface area contributed by atoms with Crippen LogP contribution < -0.4 is 14.8 Å². The van der Waals surface area contributed by atoms with Crippen LogP contribution in [0.3, 0.4) is 0 Å². The number of piperazine rings is 1. The molecule has 186 valence electrons. The molecule has 0 radical (unpaired) electrons. The van der Waals surface area contributed by atoms with E-state index in [4.69, 9.17) is 9.47 Å². The largest absolute Gasteiger partial charge is 0.486 e. The number of amides is 2.